The lowest BCUT2D eigenvalue weighted by molar-refractivity contribution is 0.0961. The average molecular weight is 288 g/mol. The first-order valence-electron chi connectivity index (χ1n) is 5.93. The molecule has 0 amide bonds. The van der Waals surface area contributed by atoms with Gasteiger partial charge < -0.3 is 15.6 Å². The Labute approximate surface area is 113 Å². The van der Waals surface area contributed by atoms with Crippen molar-refractivity contribution in [1.29, 1.82) is 0 Å². The maximum atomic E-state index is 12.2. The second-order valence-electron chi connectivity index (χ2n) is 4.22. The Kier molecular flexibility index (Phi) is 5.74. The third kappa shape index (κ3) is 4.46. The first kappa shape index (κ1) is 15.9. The second-order valence-corrected chi connectivity index (χ2v) is 5.92. The van der Waals surface area contributed by atoms with Crippen LogP contribution in [0, 0.1) is 13.8 Å². The van der Waals surface area contributed by atoms with Crippen LogP contribution < -0.4 is 10.5 Å². The molecule has 0 spiro atoms. The highest BCUT2D eigenvalue weighted by Crippen LogP contribution is 2.22. The summed E-state index contributed by atoms with van der Waals surface area (Å²) in [7, 11) is -3.57. The number of aliphatic hydroxyl groups is 1. The van der Waals surface area contributed by atoms with Gasteiger partial charge in [-0.15, -0.1) is 0 Å². The lowest BCUT2D eigenvalue weighted by Crippen LogP contribution is -2.29. The number of hydrogen-bond acceptors (Lipinski definition) is 5. The Balaban J connectivity index is 2.78. The summed E-state index contributed by atoms with van der Waals surface area (Å²) in [5, 5.41) is 8.53. The highest BCUT2D eigenvalue weighted by molar-refractivity contribution is 7.89. The van der Waals surface area contributed by atoms with Gasteiger partial charge >= 0.3 is 0 Å². The van der Waals surface area contributed by atoms with Crippen LogP contribution >= 0.6 is 0 Å². The maximum absolute atomic E-state index is 12.2. The zero-order valence-electron chi connectivity index (χ0n) is 11.1. The van der Waals surface area contributed by atoms with Gasteiger partial charge in [-0.05, 0) is 37.1 Å². The summed E-state index contributed by atoms with van der Waals surface area (Å²) >= 11 is 0. The Bertz CT molecular complexity index is 506. The molecule has 0 bridgehead atoms. The van der Waals surface area contributed by atoms with E-state index in [1.807, 2.05) is 0 Å². The topological polar surface area (TPSA) is 102 Å². The van der Waals surface area contributed by atoms with Crippen LogP contribution in [0.2, 0.25) is 0 Å². The number of nitrogen functional groups attached to an aromatic ring is 1. The predicted molar refractivity (Wildman–Crippen MR) is 73.4 cm³/mol. The minimum Gasteiger partial charge on any atom is -0.399 e. The summed E-state index contributed by atoms with van der Waals surface area (Å²) in [6, 6.07) is 3.26. The average Bonchev–Trinajstić information content (AvgIpc) is 2.26. The van der Waals surface area contributed by atoms with Crippen LogP contribution in [0.1, 0.15) is 11.1 Å². The van der Waals surface area contributed by atoms with Gasteiger partial charge in [-0.25, -0.2) is 13.1 Å². The van der Waals surface area contributed by atoms with Gasteiger partial charge in [-0.2, -0.15) is 0 Å². The van der Waals surface area contributed by atoms with E-state index < -0.39 is 10.0 Å². The molecular formula is C12H20N2O4S. The molecule has 0 radical (unpaired) electrons. The van der Waals surface area contributed by atoms with Gasteiger partial charge in [0.2, 0.25) is 10.0 Å². The standard InChI is InChI=1S/C12H20N2O4S/c1-9-7-11(13)8-10(2)12(9)19(16,17)14-3-5-18-6-4-15/h7-8,14-15H,3-6,13H2,1-2H3. The van der Waals surface area contributed by atoms with Crippen molar-refractivity contribution in [3.8, 4) is 0 Å². The first-order chi connectivity index (χ1) is 8.88. The van der Waals surface area contributed by atoms with E-state index in [0.717, 1.165) is 0 Å². The number of ether oxygens (including phenoxy) is 1. The molecule has 0 aliphatic rings. The lowest BCUT2D eigenvalue weighted by atomic mass is 10.1. The third-order valence-electron chi connectivity index (χ3n) is 2.53. The summed E-state index contributed by atoms with van der Waals surface area (Å²) in [6.45, 7) is 3.91. The number of rotatable bonds is 7. The molecule has 6 nitrogen and oxygen atoms in total. The van der Waals surface area contributed by atoms with Crippen LogP contribution in [-0.4, -0.2) is 39.9 Å². The van der Waals surface area contributed by atoms with Crippen molar-refractivity contribution in [2.75, 3.05) is 32.1 Å². The van der Waals surface area contributed by atoms with Crippen molar-refractivity contribution in [3.05, 3.63) is 23.3 Å². The van der Waals surface area contributed by atoms with Gasteiger partial charge in [0.05, 0.1) is 24.7 Å². The lowest BCUT2D eigenvalue weighted by Gasteiger charge is -2.13. The van der Waals surface area contributed by atoms with Crippen LogP contribution in [-0.2, 0) is 14.8 Å². The normalized spacial score (nSPS) is 11.7. The number of nitrogens with two attached hydrogens (primary N) is 1. The minimum atomic E-state index is -3.57. The summed E-state index contributed by atoms with van der Waals surface area (Å²) in [6.07, 6.45) is 0. The maximum Gasteiger partial charge on any atom is 0.241 e. The molecule has 4 N–H and O–H groups in total. The number of aliphatic hydroxyl groups excluding tert-OH is 1. The zero-order valence-corrected chi connectivity index (χ0v) is 12.0. The Morgan fingerprint density at radius 2 is 1.84 bits per heavy atom. The molecule has 19 heavy (non-hydrogen) atoms. The van der Waals surface area contributed by atoms with Gasteiger partial charge in [0, 0.05) is 12.2 Å². The van der Waals surface area contributed by atoms with Crippen molar-refractivity contribution in [2.24, 2.45) is 0 Å². The largest absolute Gasteiger partial charge is 0.399 e. The molecule has 0 unspecified atom stereocenters. The number of aryl methyl sites for hydroxylation is 2. The van der Waals surface area contributed by atoms with Crippen LogP contribution in [0.25, 0.3) is 0 Å². The monoisotopic (exact) mass is 288 g/mol. The highest BCUT2D eigenvalue weighted by atomic mass is 32.2. The van der Waals surface area contributed by atoms with Crippen LogP contribution in [0.3, 0.4) is 0 Å². The van der Waals surface area contributed by atoms with Gasteiger partial charge in [0.15, 0.2) is 0 Å². The summed E-state index contributed by atoms with van der Waals surface area (Å²) in [4.78, 5) is 0.254. The Morgan fingerprint density at radius 1 is 1.26 bits per heavy atom. The Hall–Kier alpha value is -1.15. The molecule has 108 valence electrons. The van der Waals surface area contributed by atoms with Crippen molar-refractivity contribution >= 4 is 15.7 Å². The fourth-order valence-electron chi connectivity index (χ4n) is 1.89. The van der Waals surface area contributed by atoms with Gasteiger partial charge in [-0.1, -0.05) is 0 Å². The quantitative estimate of drug-likeness (QED) is 0.490. The number of anilines is 1. The molecular weight excluding hydrogens is 268 g/mol. The smallest absolute Gasteiger partial charge is 0.241 e. The van der Waals surface area contributed by atoms with Crippen LogP contribution in [0.15, 0.2) is 17.0 Å². The molecule has 1 rings (SSSR count). The van der Waals surface area contributed by atoms with Crippen LogP contribution in [0.5, 0.6) is 0 Å². The Morgan fingerprint density at radius 3 is 2.37 bits per heavy atom. The number of hydrogen-bond donors (Lipinski definition) is 3. The van der Waals surface area contributed by atoms with E-state index in [-0.39, 0.29) is 31.3 Å². The fourth-order valence-corrected chi connectivity index (χ4v) is 3.36. The third-order valence-corrected chi connectivity index (χ3v) is 4.29. The van der Waals surface area contributed by atoms with Crippen molar-refractivity contribution in [2.45, 2.75) is 18.7 Å². The summed E-state index contributed by atoms with van der Waals surface area (Å²) in [5.41, 5.74) is 7.43. The van der Waals surface area contributed by atoms with Gasteiger partial charge in [-0.3, -0.25) is 0 Å². The SMILES string of the molecule is Cc1cc(N)cc(C)c1S(=O)(=O)NCCOCCO. The molecule has 0 heterocycles. The first-order valence-corrected chi connectivity index (χ1v) is 7.42. The molecule has 0 fully saturated rings. The van der Waals surface area contributed by atoms with Gasteiger partial charge in [0.25, 0.3) is 0 Å². The van der Waals surface area contributed by atoms with Gasteiger partial charge in [0.1, 0.15) is 0 Å². The van der Waals surface area contributed by atoms with Crippen LogP contribution in [0.4, 0.5) is 5.69 Å². The van der Waals surface area contributed by atoms with E-state index in [4.69, 9.17) is 15.6 Å². The zero-order chi connectivity index (χ0) is 14.5. The predicted octanol–water partition coefficient (Wildman–Crippen LogP) is 0.173. The minimum absolute atomic E-state index is 0.0804. The molecule has 0 atom stereocenters. The molecule has 7 heteroatoms. The summed E-state index contributed by atoms with van der Waals surface area (Å²) < 4.78 is 31.8. The fraction of sp³-hybridized carbons (Fsp3) is 0.500. The van der Waals surface area contributed by atoms with E-state index in [1.54, 1.807) is 26.0 Å². The van der Waals surface area contributed by atoms with E-state index in [9.17, 15) is 8.42 Å². The van der Waals surface area contributed by atoms with Crippen molar-refractivity contribution in [3.63, 3.8) is 0 Å². The molecule has 0 saturated carbocycles. The van der Waals surface area contributed by atoms with E-state index >= 15 is 0 Å². The number of benzene rings is 1. The molecule has 0 aliphatic heterocycles. The van der Waals surface area contributed by atoms with Crippen molar-refractivity contribution in [1.82, 2.24) is 4.72 Å². The molecule has 0 saturated heterocycles. The number of nitrogens with one attached hydrogen (secondary N) is 1. The summed E-state index contributed by atoms with van der Waals surface area (Å²) in [5.74, 6) is 0. The van der Waals surface area contributed by atoms with E-state index in [0.29, 0.717) is 16.8 Å². The number of sulfonamides is 1. The molecule has 1 aromatic rings. The molecule has 0 aliphatic carbocycles. The molecule has 1 aromatic carbocycles. The molecule has 0 aromatic heterocycles. The van der Waals surface area contributed by atoms with E-state index in [2.05, 4.69) is 4.72 Å². The van der Waals surface area contributed by atoms with E-state index in [1.165, 1.54) is 0 Å². The second kappa shape index (κ2) is 6.85. The highest BCUT2D eigenvalue weighted by Gasteiger charge is 2.19. The van der Waals surface area contributed by atoms with Crippen molar-refractivity contribution < 1.29 is 18.3 Å².